The van der Waals surface area contributed by atoms with Crippen molar-refractivity contribution in [1.82, 2.24) is 15.2 Å². The molecule has 0 aromatic heterocycles. The van der Waals surface area contributed by atoms with E-state index in [1.807, 2.05) is 0 Å². The first-order valence-electron chi connectivity index (χ1n) is 7.61. The lowest BCUT2D eigenvalue weighted by Crippen LogP contribution is -2.60. The Hall–Kier alpha value is -0.940. The van der Waals surface area contributed by atoms with Crippen LogP contribution in [0.15, 0.2) is 24.3 Å². The summed E-state index contributed by atoms with van der Waals surface area (Å²) in [6, 6.07) is 9.67. The molecule has 3 unspecified atom stereocenters. The number of piperazine rings is 1. The molecule has 3 atom stereocenters. The highest BCUT2D eigenvalue weighted by Crippen LogP contribution is 2.38. The van der Waals surface area contributed by atoms with Crippen molar-refractivity contribution < 1.29 is 0 Å². The van der Waals surface area contributed by atoms with E-state index in [0.717, 1.165) is 26.1 Å². The minimum absolute atomic E-state index is 0.362. The van der Waals surface area contributed by atoms with Crippen LogP contribution in [0.5, 0.6) is 0 Å². The molecule has 1 aliphatic carbocycles. The molecule has 0 radical (unpaired) electrons. The third kappa shape index (κ3) is 2.61. The second kappa shape index (κ2) is 5.82. The van der Waals surface area contributed by atoms with Crippen molar-refractivity contribution in [1.29, 1.82) is 0 Å². The molecule has 4 nitrogen and oxygen atoms in total. The summed E-state index contributed by atoms with van der Waals surface area (Å²) in [5.74, 6) is 6.54. The molecule has 1 aromatic rings. The van der Waals surface area contributed by atoms with Gasteiger partial charge in [0.2, 0.25) is 0 Å². The fourth-order valence-electron chi connectivity index (χ4n) is 3.69. The largest absolute Gasteiger partial charge is 0.303 e. The van der Waals surface area contributed by atoms with E-state index in [-0.39, 0.29) is 0 Å². The van der Waals surface area contributed by atoms with Crippen LogP contribution >= 0.6 is 0 Å². The molecule has 2 aliphatic rings. The zero-order valence-corrected chi connectivity index (χ0v) is 12.5. The van der Waals surface area contributed by atoms with Crippen LogP contribution in [0.4, 0.5) is 0 Å². The Kier molecular flexibility index (Phi) is 4.08. The predicted octanol–water partition coefficient (Wildman–Crippen LogP) is 0.794. The highest BCUT2D eigenvalue weighted by Gasteiger charge is 2.34. The van der Waals surface area contributed by atoms with Crippen LogP contribution < -0.4 is 11.3 Å². The first-order valence-corrected chi connectivity index (χ1v) is 7.61. The molecule has 0 amide bonds. The Bertz CT molecular complexity index is 462. The van der Waals surface area contributed by atoms with Crippen molar-refractivity contribution in [3.8, 4) is 0 Å². The van der Waals surface area contributed by atoms with E-state index in [0.29, 0.717) is 18.0 Å². The summed E-state index contributed by atoms with van der Waals surface area (Å²) < 4.78 is 0. The zero-order valence-electron chi connectivity index (χ0n) is 12.5. The minimum atomic E-state index is 0.362. The highest BCUT2D eigenvalue weighted by molar-refractivity contribution is 5.40. The van der Waals surface area contributed by atoms with Gasteiger partial charge >= 0.3 is 0 Å². The summed E-state index contributed by atoms with van der Waals surface area (Å²) in [6.07, 6.45) is 2.34. The summed E-state index contributed by atoms with van der Waals surface area (Å²) >= 11 is 0. The molecule has 1 aromatic carbocycles. The molecule has 1 aliphatic heterocycles. The Balaban J connectivity index is 1.66. The summed E-state index contributed by atoms with van der Waals surface area (Å²) in [5.41, 5.74) is 6.13. The quantitative estimate of drug-likeness (QED) is 0.629. The van der Waals surface area contributed by atoms with Gasteiger partial charge in [0.05, 0.1) is 0 Å². The highest BCUT2D eigenvalue weighted by atomic mass is 15.3. The molecule has 4 heteroatoms. The van der Waals surface area contributed by atoms with E-state index in [4.69, 9.17) is 5.84 Å². The number of fused-ring (bicyclic) bond motifs is 1. The summed E-state index contributed by atoms with van der Waals surface area (Å²) in [5, 5.41) is 0. The number of nitrogens with two attached hydrogens (primary N) is 1. The van der Waals surface area contributed by atoms with Crippen molar-refractivity contribution >= 4 is 0 Å². The van der Waals surface area contributed by atoms with E-state index in [9.17, 15) is 0 Å². The van der Waals surface area contributed by atoms with Crippen LogP contribution in [0.2, 0.25) is 0 Å². The van der Waals surface area contributed by atoms with Crippen LogP contribution in [0.1, 0.15) is 23.5 Å². The number of nitrogens with one attached hydrogen (secondary N) is 1. The van der Waals surface area contributed by atoms with Gasteiger partial charge in [-0.25, -0.2) is 0 Å². The third-order valence-corrected chi connectivity index (χ3v) is 5.08. The Morgan fingerprint density at radius 2 is 2.10 bits per heavy atom. The molecule has 1 heterocycles. The average Bonchev–Trinajstić information content (AvgIpc) is 2.43. The second-order valence-corrected chi connectivity index (χ2v) is 6.42. The minimum Gasteiger partial charge on any atom is -0.303 e. The van der Waals surface area contributed by atoms with Gasteiger partial charge in [0.1, 0.15) is 0 Å². The predicted molar refractivity (Wildman–Crippen MR) is 82.5 cm³/mol. The second-order valence-electron chi connectivity index (χ2n) is 6.42. The van der Waals surface area contributed by atoms with E-state index < -0.39 is 0 Å². The normalized spacial score (nSPS) is 28.8. The lowest BCUT2D eigenvalue weighted by atomic mass is 9.73. The first kappa shape index (κ1) is 14.0. The first-order chi connectivity index (χ1) is 9.69. The van der Waals surface area contributed by atoms with Crippen LogP contribution in [-0.4, -0.2) is 55.6 Å². The van der Waals surface area contributed by atoms with Crippen LogP contribution in [0.3, 0.4) is 0 Å². The van der Waals surface area contributed by atoms with Gasteiger partial charge in [0.15, 0.2) is 0 Å². The van der Waals surface area contributed by atoms with Crippen LogP contribution in [0.25, 0.3) is 0 Å². The van der Waals surface area contributed by atoms with Gasteiger partial charge < -0.3 is 4.90 Å². The smallest absolute Gasteiger partial charge is 0.0387 e. The van der Waals surface area contributed by atoms with Crippen molar-refractivity contribution in [3.05, 3.63) is 35.4 Å². The molecule has 110 valence electrons. The summed E-state index contributed by atoms with van der Waals surface area (Å²) in [6.45, 7) is 3.37. The number of hydrazine groups is 1. The van der Waals surface area contributed by atoms with Gasteiger partial charge in [-0.15, -0.1) is 0 Å². The van der Waals surface area contributed by atoms with Gasteiger partial charge in [0, 0.05) is 31.7 Å². The summed E-state index contributed by atoms with van der Waals surface area (Å²) in [7, 11) is 4.42. The lowest BCUT2D eigenvalue weighted by Gasteiger charge is -2.43. The van der Waals surface area contributed by atoms with Gasteiger partial charge in [0.25, 0.3) is 0 Å². The molecule has 20 heavy (non-hydrogen) atoms. The Labute approximate surface area is 121 Å². The lowest BCUT2D eigenvalue weighted by molar-refractivity contribution is 0.0824. The molecule has 3 N–H and O–H groups in total. The van der Waals surface area contributed by atoms with Gasteiger partial charge in [-0.3, -0.25) is 16.2 Å². The Morgan fingerprint density at radius 3 is 2.85 bits per heavy atom. The van der Waals surface area contributed by atoms with Crippen molar-refractivity contribution in [2.75, 3.05) is 33.7 Å². The summed E-state index contributed by atoms with van der Waals surface area (Å²) in [4.78, 5) is 4.86. The topological polar surface area (TPSA) is 44.5 Å². The number of benzene rings is 1. The van der Waals surface area contributed by atoms with E-state index in [1.165, 1.54) is 17.5 Å². The van der Waals surface area contributed by atoms with Crippen molar-refractivity contribution in [2.45, 2.75) is 30.8 Å². The Morgan fingerprint density at radius 1 is 1.30 bits per heavy atom. The number of hydrogen-bond acceptors (Lipinski definition) is 4. The zero-order chi connectivity index (χ0) is 14.1. The fraction of sp³-hybridized carbons (Fsp3) is 0.625. The average molecular weight is 274 g/mol. The third-order valence-electron chi connectivity index (χ3n) is 5.08. The SMILES string of the molecule is CN1CCN(C)C(C(CC2Cc3ccccc32)NN)C1. The molecule has 3 rings (SSSR count). The maximum absolute atomic E-state index is 5.86. The van der Waals surface area contributed by atoms with Crippen LogP contribution in [-0.2, 0) is 6.42 Å². The molecule has 1 fully saturated rings. The van der Waals surface area contributed by atoms with Crippen molar-refractivity contribution in [2.24, 2.45) is 5.84 Å². The standard InChI is InChI=1S/C16H26N4/c1-19-7-8-20(2)16(11-19)15(18-17)10-13-9-12-5-3-4-6-14(12)13/h3-6,13,15-16,18H,7-11,17H2,1-2H3. The molecule has 1 saturated heterocycles. The van der Waals surface area contributed by atoms with Crippen LogP contribution in [0, 0.1) is 0 Å². The molecule has 0 bridgehead atoms. The van der Waals surface area contributed by atoms with Gasteiger partial charge in [-0.2, -0.15) is 0 Å². The maximum Gasteiger partial charge on any atom is 0.0387 e. The monoisotopic (exact) mass is 274 g/mol. The van der Waals surface area contributed by atoms with E-state index >= 15 is 0 Å². The molecule has 0 saturated carbocycles. The molecule has 0 spiro atoms. The fourth-order valence-corrected chi connectivity index (χ4v) is 3.69. The number of rotatable bonds is 4. The number of hydrogen-bond donors (Lipinski definition) is 2. The van der Waals surface area contributed by atoms with Gasteiger partial charge in [-0.05, 0) is 44.0 Å². The molecular weight excluding hydrogens is 248 g/mol. The van der Waals surface area contributed by atoms with Crippen molar-refractivity contribution in [3.63, 3.8) is 0 Å². The van der Waals surface area contributed by atoms with E-state index in [1.54, 1.807) is 0 Å². The van der Waals surface area contributed by atoms with Gasteiger partial charge in [-0.1, -0.05) is 24.3 Å². The number of nitrogens with zero attached hydrogens (tertiary/aromatic N) is 2. The molecular formula is C16H26N4. The maximum atomic E-state index is 5.86. The number of likely N-dealkylation sites (N-methyl/N-ethyl adjacent to an activating group) is 2. The van der Waals surface area contributed by atoms with E-state index in [2.05, 4.69) is 53.6 Å².